The largest absolute Gasteiger partial charge is 0.481 e. The predicted molar refractivity (Wildman–Crippen MR) is 83.0 cm³/mol. The third kappa shape index (κ3) is 3.95. The van der Waals surface area contributed by atoms with Crippen LogP contribution in [0.2, 0.25) is 0 Å². The molecule has 0 aliphatic rings. The Labute approximate surface area is 123 Å². The van der Waals surface area contributed by atoms with Gasteiger partial charge in [0.1, 0.15) is 0 Å². The van der Waals surface area contributed by atoms with Crippen LogP contribution in [0, 0.1) is 0 Å². The molecule has 112 valence electrons. The van der Waals surface area contributed by atoms with Gasteiger partial charge in [0.25, 0.3) is 0 Å². The summed E-state index contributed by atoms with van der Waals surface area (Å²) in [5.74, 6) is -0.929. The molecule has 0 amide bonds. The first-order chi connectivity index (χ1) is 9.88. The maximum absolute atomic E-state index is 11.9. The molecule has 0 aliphatic heterocycles. The fourth-order valence-corrected chi connectivity index (χ4v) is 3.15. The van der Waals surface area contributed by atoms with E-state index < -0.39 is 16.0 Å². The van der Waals surface area contributed by atoms with Gasteiger partial charge in [0.05, 0.1) is 11.9 Å². The van der Waals surface area contributed by atoms with Gasteiger partial charge in [0, 0.05) is 13.0 Å². The van der Waals surface area contributed by atoms with E-state index in [0.717, 1.165) is 17.0 Å². The van der Waals surface area contributed by atoms with Gasteiger partial charge >= 0.3 is 5.97 Å². The number of carboxylic acids is 1. The lowest BCUT2D eigenvalue weighted by atomic mass is 10.1. The summed E-state index contributed by atoms with van der Waals surface area (Å²) in [7, 11) is -3.44. The molecule has 2 aromatic carbocycles. The number of anilines is 1. The highest BCUT2D eigenvalue weighted by molar-refractivity contribution is 7.92. The van der Waals surface area contributed by atoms with Gasteiger partial charge in [-0.25, -0.2) is 8.42 Å². The summed E-state index contributed by atoms with van der Waals surface area (Å²) in [5.41, 5.74) is 0.557. The molecule has 2 rings (SSSR count). The molecule has 0 heterocycles. The number of sulfonamides is 1. The Balaban J connectivity index is 2.32. The van der Waals surface area contributed by atoms with Crippen LogP contribution in [0.25, 0.3) is 10.8 Å². The zero-order chi connectivity index (χ0) is 15.5. The second kappa shape index (κ2) is 6.13. The topological polar surface area (TPSA) is 74.7 Å². The van der Waals surface area contributed by atoms with Crippen LogP contribution in [0.5, 0.6) is 0 Å². The molecule has 0 radical (unpaired) electrons. The smallest absolute Gasteiger partial charge is 0.303 e. The molecule has 2 aromatic rings. The van der Waals surface area contributed by atoms with Crippen molar-refractivity contribution in [2.24, 2.45) is 0 Å². The first-order valence-corrected chi connectivity index (χ1v) is 8.41. The van der Waals surface area contributed by atoms with Crippen molar-refractivity contribution in [3.8, 4) is 0 Å². The Hall–Kier alpha value is -2.08. The fourth-order valence-electron chi connectivity index (χ4n) is 2.19. The molecule has 0 fully saturated rings. The summed E-state index contributed by atoms with van der Waals surface area (Å²) >= 11 is 0. The van der Waals surface area contributed by atoms with Gasteiger partial charge < -0.3 is 5.11 Å². The Morgan fingerprint density at radius 1 is 1.14 bits per heavy atom. The molecular formula is C15H17NO4S. The Morgan fingerprint density at radius 2 is 1.81 bits per heavy atom. The van der Waals surface area contributed by atoms with Crippen LogP contribution < -0.4 is 4.31 Å². The van der Waals surface area contributed by atoms with Crippen LogP contribution in [-0.2, 0) is 14.8 Å². The van der Waals surface area contributed by atoms with E-state index in [1.54, 1.807) is 12.1 Å². The van der Waals surface area contributed by atoms with Crippen LogP contribution in [0.1, 0.15) is 12.8 Å². The minimum absolute atomic E-state index is 0.0560. The second-order valence-corrected chi connectivity index (χ2v) is 6.77. The first-order valence-electron chi connectivity index (χ1n) is 6.56. The van der Waals surface area contributed by atoms with Gasteiger partial charge in [-0.2, -0.15) is 0 Å². The minimum atomic E-state index is -3.44. The van der Waals surface area contributed by atoms with Gasteiger partial charge in [0.2, 0.25) is 10.0 Å². The molecule has 0 unspecified atom stereocenters. The van der Waals surface area contributed by atoms with Gasteiger partial charge in [-0.05, 0) is 29.3 Å². The number of hydrogen-bond acceptors (Lipinski definition) is 3. The van der Waals surface area contributed by atoms with Crippen molar-refractivity contribution < 1.29 is 18.3 Å². The molecule has 5 nitrogen and oxygen atoms in total. The summed E-state index contributed by atoms with van der Waals surface area (Å²) in [5, 5.41) is 10.6. The first kappa shape index (κ1) is 15.3. The summed E-state index contributed by atoms with van der Waals surface area (Å²) in [4.78, 5) is 10.6. The molecule has 0 saturated heterocycles. The molecular weight excluding hydrogens is 290 g/mol. The minimum Gasteiger partial charge on any atom is -0.481 e. The highest BCUT2D eigenvalue weighted by Crippen LogP contribution is 2.24. The summed E-state index contributed by atoms with van der Waals surface area (Å²) < 4.78 is 25.1. The van der Waals surface area contributed by atoms with Crippen LogP contribution in [0.3, 0.4) is 0 Å². The number of carboxylic acid groups (broad SMARTS) is 1. The summed E-state index contributed by atoms with van der Waals surface area (Å²) in [6, 6.07) is 13.1. The van der Waals surface area contributed by atoms with Gasteiger partial charge in [-0.15, -0.1) is 0 Å². The Kier molecular flexibility index (Phi) is 4.47. The number of fused-ring (bicyclic) bond motifs is 1. The molecule has 1 N–H and O–H groups in total. The van der Waals surface area contributed by atoms with Crippen molar-refractivity contribution >= 4 is 32.5 Å². The van der Waals surface area contributed by atoms with Crippen molar-refractivity contribution in [2.75, 3.05) is 17.1 Å². The van der Waals surface area contributed by atoms with Crippen molar-refractivity contribution in [1.82, 2.24) is 0 Å². The van der Waals surface area contributed by atoms with Crippen molar-refractivity contribution in [2.45, 2.75) is 12.8 Å². The zero-order valence-electron chi connectivity index (χ0n) is 11.7. The van der Waals surface area contributed by atoms with E-state index in [9.17, 15) is 13.2 Å². The maximum Gasteiger partial charge on any atom is 0.303 e. The molecule has 0 aromatic heterocycles. The van der Waals surface area contributed by atoms with Crippen LogP contribution >= 0.6 is 0 Å². The van der Waals surface area contributed by atoms with Gasteiger partial charge in [-0.1, -0.05) is 30.3 Å². The zero-order valence-corrected chi connectivity index (χ0v) is 12.5. The van der Waals surface area contributed by atoms with E-state index in [0.29, 0.717) is 5.69 Å². The Morgan fingerprint density at radius 3 is 2.43 bits per heavy atom. The average Bonchev–Trinajstić information content (AvgIpc) is 2.41. The van der Waals surface area contributed by atoms with Crippen molar-refractivity contribution in [3.63, 3.8) is 0 Å². The molecule has 0 spiro atoms. The van der Waals surface area contributed by atoms with E-state index in [4.69, 9.17) is 5.11 Å². The highest BCUT2D eigenvalue weighted by atomic mass is 32.2. The predicted octanol–water partition coefficient (Wildman–Crippen LogP) is 2.47. The van der Waals surface area contributed by atoms with Crippen molar-refractivity contribution in [1.29, 1.82) is 0 Å². The van der Waals surface area contributed by atoms with Crippen LogP contribution in [0.4, 0.5) is 5.69 Å². The monoisotopic (exact) mass is 307 g/mol. The van der Waals surface area contributed by atoms with Crippen molar-refractivity contribution in [3.05, 3.63) is 42.5 Å². The number of carbonyl (C=O) groups is 1. The van der Waals surface area contributed by atoms with E-state index >= 15 is 0 Å². The molecule has 6 heteroatoms. The second-order valence-electron chi connectivity index (χ2n) is 4.86. The number of nitrogens with zero attached hydrogens (tertiary/aromatic N) is 1. The maximum atomic E-state index is 11.9. The molecule has 21 heavy (non-hydrogen) atoms. The quantitative estimate of drug-likeness (QED) is 0.889. The lowest BCUT2D eigenvalue weighted by Crippen LogP contribution is -2.31. The fraction of sp³-hybridized carbons (Fsp3) is 0.267. The number of hydrogen-bond donors (Lipinski definition) is 1. The summed E-state index contributed by atoms with van der Waals surface area (Å²) in [6.07, 6.45) is 1.35. The molecule has 0 saturated carbocycles. The average molecular weight is 307 g/mol. The number of rotatable bonds is 6. The van der Waals surface area contributed by atoms with Crippen LogP contribution in [0.15, 0.2) is 42.5 Å². The molecule has 0 bridgehead atoms. The normalized spacial score (nSPS) is 11.5. The number of benzene rings is 2. The van der Waals surface area contributed by atoms with Crippen LogP contribution in [-0.4, -0.2) is 32.3 Å². The molecule has 0 atom stereocenters. The standard InChI is InChI=1S/C15H17NO4S/c1-21(19,20)16(10-4-7-15(17)18)14-9-8-12-5-2-3-6-13(12)11-14/h2-3,5-6,8-9,11H,4,7,10H2,1H3,(H,17,18). The molecule has 0 aliphatic carbocycles. The summed E-state index contributed by atoms with van der Waals surface area (Å²) in [6.45, 7) is 0.156. The van der Waals surface area contributed by atoms with E-state index in [2.05, 4.69) is 0 Å². The Bertz CT molecular complexity index is 755. The van der Waals surface area contributed by atoms with Gasteiger partial charge in [-0.3, -0.25) is 9.10 Å². The third-order valence-electron chi connectivity index (χ3n) is 3.17. The van der Waals surface area contributed by atoms with E-state index in [1.165, 1.54) is 4.31 Å². The van der Waals surface area contributed by atoms with E-state index in [-0.39, 0.29) is 19.4 Å². The highest BCUT2D eigenvalue weighted by Gasteiger charge is 2.17. The van der Waals surface area contributed by atoms with Gasteiger partial charge in [0.15, 0.2) is 0 Å². The van der Waals surface area contributed by atoms with E-state index in [1.807, 2.05) is 30.3 Å². The lowest BCUT2D eigenvalue weighted by molar-refractivity contribution is -0.137. The SMILES string of the molecule is CS(=O)(=O)N(CCCC(=O)O)c1ccc2ccccc2c1. The lowest BCUT2D eigenvalue weighted by Gasteiger charge is -2.22. The third-order valence-corrected chi connectivity index (χ3v) is 4.37. The number of aliphatic carboxylic acids is 1.